The maximum atomic E-state index is 13.7. The SMILES string of the molecule is COC(=O)[C@H](Cc1ccc(NC(=O)c2c(Cl)cccc2Cl)cc1)NC(=O)C1=C(C)C(=CC(=O)OC(C)(C)C)CCC1(C)C. The van der Waals surface area contributed by atoms with Crippen LogP contribution in [0.15, 0.2) is 65.3 Å². The predicted octanol–water partition coefficient (Wildman–Crippen LogP) is 6.85. The number of allylic oxidation sites excluding steroid dienone is 2. The summed E-state index contributed by atoms with van der Waals surface area (Å²) >= 11 is 12.3. The molecule has 8 nitrogen and oxygen atoms in total. The average molecular weight is 630 g/mol. The van der Waals surface area contributed by atoms with E-state index in [1.807, 2.05) is 20.8 Å². The van der Waals surface area contributed by atoms with Crippen LogP contribution in [0.2, 0.25) is 10.0 Å². The first-order chi connectivity index (χ1) is 20.0. The van der Waals surface area contributed by atoms with Crippen molar-refractivity contribution in [3.05, 3.63) is 86.4 Å². The summed E-state index contributed by atoms with van der Waals surface area (Å²) < 4.78 is 10.4. The zero-order valence-corrected chi connectivity index (χ0v) is 27.0. The summed E-state index contributed by atoms with van der Waals surface area (Å²) in [6, 6.07) is 10.7. The fourth-order valence-corrected chi connectivity index (χ4v) is 5.56. The van der Waals surface area contributed by atoms with Gasteiger partial charge in [-0.1, -0.05) is 55.2 Å². The molecule has 0 spiro atoms. The van der Waals surface area contributed by atoms with E-state index in [0.29, 0.717) is 29.7 Å². The lowest BCUT2D eigenvalue weighted by atomic mass is 9.70. The van der Waals surface area contributed by atoms with Gasteiger partial charge in [0.15, 0.2) is 0 Å². The number of nitrogens with one attached hydrogen (secondary N) is 2. The lowest BCUT2D eigenvalue weighted by Gasteiger charge is -2.35. The third kappa shape index (κ3) is 8.94. The minimum Gasteiger partial charge on any atom is -0.467 e. The molecule has 0 saturated carbocycles. The Labute approximate surface area is 262 Å². The second-order valence-electron chi connectivity index (χ2n) is 12.1. The fraction of sp³-hybridized carbons (Fsp3) is 0.394. The standard InChI is InChI=1S/C33H38Cl2N2O6/c1-19-21(18-26(38)43-32(2,3)4)15-16-33(5,6)28(19)30(40)37-25(31(41)42-7)17-20-11-13-22(14-12-20)36-29(39)27-23(34)9-8-10-24(27)35/h8-14,18,25H,15-17H2,1-7H3,(H,36,39)(H,37,40)/t25-/m0/s1. The molecule has 1 atom stereocenters. The van der Waals surface area contributed by atoms with Gasteiger partial charge in [-0.25, -0.2) is 9.59 Å². The molecule has 0 bridgehead atoms. The summed E-state index contributed by atoms with van der Waals surface area (Å²) in [6.45, 7) is 11.1. The fourth-order valence-electron chi connectivity index (χ4n) is 4.99. The van der Waals surface area contributed by atoms with Crippen molar-refractivity contribution in [1.82, 2.24) is 5.32 Å². The van der Waals surface area contributed by atoms with Gasteiger partial charge in [0.05, 0.1) is 22.7 Å². The van der Waals surface area contributed by atoms with Crippen LogP contribution >= 0.6 is 23.2 Å². The number of anilines is 1. The van der Waals surface area contributed by atoms with Gasteiger partial charge in [0, 0.05) is 23.8 Å². The Balaban J connectivity index is 1.79. The Morgan fingerprint density at radius 1 is 1.00 bits per heavy atom. The number of hydrogen-bond acceptors (Lipinski definition) is 6. The molecule has 2 aromatic rings. The molecule has 0 heterocycles. The first-order valence-corrected chi connectivity index (χ1v) is 14.7. The van der Waals surface area contributed by atoms with E-state index in [-0.39, 0.29) is 22.0 Å². The van der Waals surface area contributed by atoms with E-state index in [0.717, 1.165) is 11.1 Å². The summed E-state index contributed by atoms with van der Waals surface area (Å²) in [6.07, 6.45) is 2.84. The minimum atomic E-state index is -0.976. The van der Waals surface area contributed by atoms with Gasteiger partial charge in [0.2, 0.25) is 5.91 Å². The molecule has 230 valence electrons. The van der Waals surface area contributed by atoms with Gasteiger partial charge in [-0.05, 0) is 86.9 Å². The average Bonchev–Trinajstić information content (AvgIpc) is 2.89. The van der Waals surface area contributed by atoms with Gasteiger partial charge >= 0.3 is 11.9 Å². The summed E-state index contributed by atoms with van der Waals surface area (Å²) in [5.74, 6) is -1.94. The third-order valence-corrected chi connectivity index (χ3v) is 7.74. The van der Waals surface area contributed by atoms with Gasteiger partial charge in [-0.2, -0.15) is 0 Å². The highest BCUT2D eigenvalue weighted by Gasteiger charge is 2.37. The Hall–Kier alpha value is -3.62. The molecule has 0 unspecified atom stereocenters. The van der Waals surface area contributed by atoms with E-state index in [2.05, 4.69) is 10.6 Å². The molecule has 3 rings (SSSR count). The van der Waals surface area contributed by atoms with E-state index in [9.17, 15) is 19.2 Å². The smallest absolute Gasteiger partial charge is 0.331 e. The van der Waals surface area contributed by atoms with Crippen LogP contribution in [-0.2, 0) is 30.3 Å². The zero-order chi connectivity index (χ0) is 32.1. The molecule has 10 heteroatoms. The van der Waals surface area contributed by atoms with Crippen molar-refractivity contribution in [3.63, 3.8) is 0 Å². The highest BCUT2D eigenvalue weighted by Crippen LogP contribution is 2.42. The molecule has 0 saturated heterocycles. The van der Waals surface area contributed by atoms with Gasteiger partial charge in [-0.3, -0.25) is 9.59 Å². The Morgan fingerprint density at radius 2 is 1.60 bits per heavy atom. The molecular formula is C33H38Cl2N2O6. The molecule has 1 aliphatic carbocycles. The van der Waals surface area contributed by atoms with Crippen LogP contribution in [-0.4, -0.2) is 42.5 Å². The summed E-state index contributed by atoms with van der Waals surface area (Å²) in [5, 5.41) is 6.08. The topological polar surface area (TPSA) is 111 Å². The normalized spacial score (nSPS) is 16.3. The lowest BCUT2D eigenvalue weighted by Crippen LogP contribution is -2.46. The molecule has 2 N–H and O–H groups in total. The van der Waals surface area contributed by atoms with E-state index >= 15 is 0 Å². The number of rotatable bonds is 8. The monoisotopic (exact) mass is 628 g/mol. The molecule has 0 aromatic heterocycles. The zero-order valence-electron chi connectivity index (χ0n) is 25.5. The second kappa shape index (κ2) is 13.8. The van der Waals surface area contributed by atoms with Crippen molar-refractivity contribution in [2.24, 2.45) is 5.41 Å². The number of halogens is 2. The molecule has 2 amide bonds. The summed E-state index contributed by atoms with van der Waals surface area (Å²) in [7, 11) is 1.26. The number of carbonyl (C=O) groups excluding carboxylic acids is 4. The molecule has 0 radical (unpaired) electrons. The van der Waals surface area contributed by atoms with Crippen molar-refractivity contribution in [3.8, 4) is 0 Å². The quantitative estimate of drug-likeness (QED) is 0.244. The van der Waals surface area contributed by atoms with Crippen LogP contribution < -0.4 is 10.6 Å². The van der Waals surface area contributed by atoms with Crippen molar-refractivity contribution >= 4 is 52.6 Å². The van der Waals surface area contributed by atoms with Gasteiger partial charge in [0.25, 0.3) is 5.91 Å². The third-order valence-electron chi connectivity index (χ3n) is 7.11. The van der Waals surface area contributed by atoms with Crippen molar-refractivity contribution in [2.45, 2.75) is 72.4 Å². The number of esters is 2. The van der Waals surface area contributed by atoms with Crippen LogP contribution in [0.25, 0.3) is 0 Å². The van der Waals surface area contributed by atoms with Crippen molar-refractivity contribution in [2.75, 3.05) is 12.4 Å². The highest BCUT2D eigenvalue weighted by molar-refractivity contribution is 6.40. The molecule has 0 aliphatic heterocycles. The summed E-state index contributed by atoms with van der Waals surface area (Å²) in [5.41, 5.74) is 2.17. The van der Waals surface area contributed by atoms with Crippen LogP contribution in [0, 0.1) is 5.41 Å². The predicted molar refractivity (Wildman–Crippen MR) is 168 cm³/mol. The Bertz CT molecular complexity index is 1450. The largest absolute Gasteiger partial charge is 0.467 e. The first kappa shape index (κ1) is 33.9. The lowest BCUT2D eigenvalue weighted by molar-refractivity contribution is -0.148. The molecule has 1 aliphatic rings. The molecule has 2 aromatic carbocycles. The van der Waals surface area contributed by atoms with E-state index < -0.39 is 40.8 Å². The van der Waals surface area contributed by atoms with Crippen LogP contribution in [0.4, 0.5) is 5.69 Å². The number of carbonyl (C=O) groups is 4. The van der Waals surface area contributed by atoms with Gasteiger partial charge in [0.1, 0.15) is 11.6 Å². The van der Waals surface area contributed by atoms with Crippen LogP contribution in [0.5, 0.6) is 0 Å². The maximum absolute atomic E-state index is 13.7. The Kier molecular flexibility index (Phi) is 10.9. The maximum Gasteiger partial charge on any atom is 0.331 e. The second-order valence-corrected chi connectivity index (χ2v) is 12.9. The molecule has 43 heavy (non-hydrogen) atoms. The van der Waals surface area contributed by atoms with Gasteiger partial charge < -0.3 is 20.1 Å². The number of benzene rings is 2. The highest BCUT2D eigenvalue weighted by atomic mass is 35.5. The van der Waals surface area contributed by atoms with Crippen LogP contribution in [0.1, 0.15) is 70.3 Å². The van der Waals surface area contributed by atoms with E-state index in [1.54, 1.807) is 63.2 Å². The molecule has 0 fully saturated rings. The van der Waals surface area contributed by atoms with Gasteiger partial charge in [-0.15, -0.1) is 0 Å². The van der Waals surface area contributed by atoms with Crippen molar-refractivity contribution in [1.29, 1.82) is 0 Å². The number of amides is 2. The van der Waals surface area contributed by atoms with E-state index in [4.69, 9.17) is 32.7 Å². The minimum absolute atomic E-state index is 0.149. The number of ether oxygens (including phenoxy) is 2. The van der Waals surface area contributed by atoms with E-state index in [1.165, 1.54) is 13.2 Å². The number of methoxy groups -OCH3 is 1. The first-order valence-electron chi connectivity index (χ1n) is 13.9. The van der Waals surface area contributed by atoms with Crippen LogP contribution in [0.3, 0.4) is 0 Å². The molecular weight excluding hydrogens is 591 g/mol. The summed E-state index contributed by atoms with van der Waals surface area (Å²) in [4.78, 5) is 51.6. The van der Waals surface area contributed by atoms with Crippen molar-refractivity contribution < 1.29 is 28.7 Å². The number of hydrogen-bond donors (Lipinski definition) is 2. The Morgan fingerprint density at radius 3 is 2.16 bits per heavy atom.